The zero-order valence-corrected chi connectivity index (χ0v) is 27.5. The van der Waals surface area contributed by atoms with Crippen LogP contribution in [0.2, 0.25) is 0 Å². The second-order valence-corrected chi connectivity index (χ2v) is 11.6. The molecule has 3 N–H and O–H groups in total. The van der Waals surface area contributed by atoms with Gasteiger partial charge in [0.25, 0.3) is 11.8 Å². The first kappa shape index (κ1) is 36.6. The van der Waals surface area contributed by atoms with Gasteiger partial charge in [0.1, 0.15) is 18.8 Å². The van der Waals surface area contributed by atoms with Crippen LogP contribution in [0, 0.1) is 0 Å². The molecule has 3 unspecified atom stereocenters. The second kappa shape index (κ2) is 17.3. The number of rotatable bonds is 14. The lowest BCUT2D eigenvalue weighted by Gasteiger charge is -2.40. The van der Waals surface area contributed by atoms with E-state index >= 15 is 0 Å². The average molecular weight is 688 g/mol. The molecule has 2 saturated heterocycles. The lowest BCUT2D eigenvalue weighted by atomic mass is 10.1. The predicted molar refractivity (Wildman–Crippen MR) is 171 cm³/mol. The van der Waals surface area contributed by atoms with Crippen LogP contribution in [0.4, 0.5) is 9.18 Å². The molecule has 16 nitrogen and oxygen atoms in total. The molecule has 2 aliphatic heterocycles. The van der Waals surface area contributed by atoms with Gasteiger partial charge in [-0.05, 0) is 45.2 Å². The number of aromatic nitrogens is 2. The van der Waals surface area contributed by atoms with Crippen molar-refractivity contribution in [3.63, 3.8) is 0 Å². The van der Waals surface area contributed by atoms with E-state index in [1.165, 1.54) is 25.4 Å². The number of alkyl halides is 1. The van der Waals surface area contributed by atoms with E-state index in [4.69, 9.17) is 9.47 Å². The molecule has 2 aromatic rings. The monoisotopic (exact) mass is 687 g/mol. The fourth-order valence-corrected chi connectivity index (χ4v) is 5.80. The average Bonchev–Trinajstić information content (AvgIpc) is 3.76. The van der Waals surface area contributed by atoms with Crippen LogP contribution in [-0.2, 0) is 23.9 Å². The van der Waals surface area contributed by atoms with Crippen LogP contribution >= 0.6 is 0 Å². The maximum atomic E-state index is 13.7. The van der Waals surface area contributed by atoms with Gasteiger partial charge in [-0.2, -0.15) is 5.10 Å². The van der Waals surface area contributed by atoms with Crippen LogP contribution in [-0.4, -0.2) is 136 Å². The SMILES string of the molecule is CCOC(=O)N1CCN(C(=O)C(CCC(=O)O)NC(=O)c2cc(OCC(=O)N3CCCC3C(=O)NCCF)n(-c3ccccc3)n2)C(C)C1. The number of aliphatic carboxylic acids is 1. The van der Waals surface area contributed by atoms with Crippen molar-refractivity contribution >= 4 is 35.7 Å². The molecule has 0 spiro atoms. The van der Waals surface area contributed by atoms with E-state index in [0.717, 1.165) is 0 Å². The van der Waals surface area contributed by atoms with Crippen molar-refractivity contribution in [2.75, 3.05) is 52.6 Å². The summed E-state index contributed by atoms with van der Waals surface area (Å²) in [4.78, 5) is 80.8. The highest BCUT2D eigenvalue weighted by molar-refractivity contribution is 5.96. The van der Waals surface area contributed by atoms with Crippen LogP contribution in [0.1, 0.15) is 50.0 Å². The number of carbonyl (C=O) groups is 6. The second-order valence-electron chi connectivity index (χ2n) is 11.6. The Labute approximate surface area is 282 Å². The maximum Gasteiger partial charge on any atom is 0.409 e. The quantitative estimate of drug-likeness (QED) is 0.258. The number of likely N-dealkylation sites (tertiary alicyclic amines) is 1. The fraction of sp³-hybridized carbons (Fsp3) is 0.531. The van der Waals surface area contributed by atoms with Gasteiger partial charge in [-0.1, -0.05) is 18.2 Å². The van der Waals surface area contributed by atoms with Gasteiger partial charge < -0.3 is 39.9 Å². The van der Waals surface area contributed by atoms with E-state index in [1.54, 1.807) is 44.2 Å². The zero-order chi connectivity index (χ0) is 35.5. The third kappa shape index (κ3) is 9.45. The Morgan fingerprint density at radius 2 is 1.84 bits per heavy atom. The van der Waals surface area contributed by atoms with Gasteiger partial charge in [-0.25, -0.2) is 13.9 Å². The molecule has 49 heavy (non-hydrogen) atoms. The van der Waals surface area contributed by atoms with Crippen LogP contribution in [0.5, 0.6) is 5.88 Å². The summed E-state index contributed by atoms with van der Waals surface area (Å²) in [5.41, 5.74) is 0.338. The summed E-state index contributed by atoms with van der Waals surface area (Å²) in [7, 11) is 0. The van der Waals surface area contributed by atoms with Crippen molar-refractivity contribution in [3.05, 3.63) is 42.1 Å². The first-order valence-electron chi connectivity index (χ1n) is 16.2. The minimum Gasteiger partial charge on any atom is -0.481 e. The summed E-state index contributed by atoms with van der Waals surface area (Å²) < 4.78 is 24.8. The lowest BCUT2D eigenvalue weighted by molar-refractivity contribution is -0.140. The maximum absolute atomic E-state index is 13.7. The first-order chi connectivity index (χ1) is 23.5. The topological polar surface area (TPSA) is 193 Å². The minimum atomic E-state index is -1.22. The van der Waals surface area contributed by atoms with Gasteiger partial charge >= 0.3 is 12.1 Å². The highest BCUT2D eigenvalue weighted by atomic mass is 19.1. The molecule has 266 valence electrons. The van der Waals surface area contributed by atoms with E-state index in [1.807, 2.05) is 0 Å². The van der Waals surface area contributed by atoms with Gasteiger partial charge in [0.15, 0.2) is 12.3 Å². The summed E-state index contributed by atoms with van der Waals surface area (Å²) in [6.07, 6.45) is -0.0695. The molecule has 1 aromatic heterocycles. The number of hydrogen-bond donors (Lipinski definition) is 3. The molecule has 5 amide bonds. The molecule has 0 bridgehead atoms. The number of para-hydroxylation sites is 1. The normalized spacial score (nSPS) is 18.1. The van der Waals surface area contributed by atoms with Gasteiger partial charge in [-0.3, -0.25) is 24.0 Å². The largest absolute Gasteiger partial charge is 0.481 e. The summed E-state index contributed by atoms with van der Waals surface area (Å²) in [5, 5.41) is 18.8. The summed E-state index contributed by atoms with van der Waals surface area (Å²) in [6, 6.07) is 7.54. The number of piperazine rings is 1. The Hall–Kier alpha value is -5.22. The number of carbonyl (C=O) groups excluding carboxylic acids is 5. The summed E-state index contributed by atoms with van der Waals surface area (Å²) >= 11 is 0. The Kier molecular flexibility index (Phi) is 12.9. The van der Waals surface area contributed by atoms with Crippen molar-refractivity contribution < 1.29 is 47.7 Å². The van der Waals surface area contributed by atoms with Crippen molar-refractivity contribution in [2.24, 2.45) is 0 Å². The number of hydrogen-bond acceptors (Lipinski definition) is 9. The third-order valence-electron chi connectivity index (χ3n) is 8.21. The van der Waals surface area contributed by atoms with Gasteiger partial charge in [0, 0.05) is 51.3 Å². The molecule has 2 aliphatic rings. The van der Waals surface area contributed by atoms with Crippen LogP contribution < -0.4 is 15.4 Å². The van der Waals surface area contributed by atoms with Crippen LogP contribution in [0.15, 0.2) is 36.4 Å². The number of nitrogens with zero attached hydrogens (tertiary/aromatic N) is 5. The molecular weight excluding hydrogens is 645 g/mol. The van der Waals surface area contributed by atoms with E-state index in [0.29, 0.717) is 25.1 Å². The molecule has 4 rings (SSSR count). The molecule has 0 saturated carbocycles. The van der Waals surface area contributed by atoms with Crippen LogP contribution in [0.3, 0.4) is 0 Å². The molecular formula is C32H42FN7O9. The molecule has 0 radical (unpaired) electrons. The van der Waals surface area contributed by atoms with E-state index < -0.39 is 73.5 Å². The van der Waals surface area contributed by atoms with E-state index in [-0.39, 0.29) is 50.8 Å². The molecule has 0 aliphatic carbocycles. The van der Waals surface area contributed by atoms with Gasteiger partial charge in [-0.15, -0.1) is 0 Å². The highest BCUT2D eigenvalue weighted by Gasteiger charge is 2.36. The Balaban J connectivity index is 1.50. The van der Waals surface area contributed by atoms with Gasteiger partial charge in [0.05, 0.1) is 12.3 Å². The third-order valence-corrected chi connectivity index (χ3v) is 8.21. The molecule has 1 aromatic carbocycles. The zero-order valence-electron chi connectivity index (χ0n) is 27.5. The van der Waals surface area contributed by atoms with Crippen molar-refractivity contribution in [1.29, 1.82) is 0 Å². The number of nitrogens with one attached hydrogen (secondary N) is 2. The number of carboxylic acid groups (broad SMARTS) is 1. The first-order valence-corrected chi connectivity index (χ1v) is 16.2. The van der Waals surface area contributed by atoms with E-state index in [9.17, 15) is 38.3 Å². The lowest BCUT2D eigenvalue weighted by Crippen LogP contribution is -2.59. The molecule has 3 atom stereocenters. The van der Waals surface area contributed by atoms with Crippen molar-refractivity contribution in [2.45, 2.75) is 57.7 Å². The van der Waals surface area contributed by atoms with Gasteiger partial charge in [0.2, 0.25) is 17.7 Å². The predicted octanol–water partition coefficient (Wildman–Crippen LogP) is 0.980. The Morgan fingerprint density at radius 3 is 2.51 bits per heavy atom. The summed E-state index contributed by atoms with van der Waals surface area (Å²) in [5.74, 6) is -3.34. The number of carboxylic acids is 1. The Morgan fingerprint density at radius 1 is 1.08 bits per heavy atom. The van der Waals surface area contributed by atoms with Crippen LogP contribution in [0.25, 0.3) is 5.69 Å². The highest BCUT2D eigenvalue weighted by Crippen LogP contribution is 2.22. The summed E-state index contributed by atoms with van der Waals surface area (Å²) in [6.45, 7) is 3.17. The molecule has 2 fully saturated rings. The Bertz CT molecular complexity index is 1500. The molecule has 3 heterocycles. The molecule has 17 heteroatoms. The van der Waals surface area contributed by atoms with Crippen molar-refractivity contribution in [3.8, 4) is 11.6 Å². The fourth-order valence-electron chi connectivity index (χ4n) is 5.80. The van der Waals surface area contributed by atoms with Crippen molar-refractivity contribution in [1.82, 2.24) is 35.1 Å². The van der Waals surface area contributed by atoms with E-state index in [2.05, 4.69) is 15.7 Å². The standard InChI is InChI=1S/C32H42FN7O9/c1-3-48-32(47)37-16-17-38(21(2)19-37)31(46)23(11-12-28(42)43)35-29(44)24-18-27(40(36-24)22-8-5-4-6-9-22)49-20-26(41)39-15-7-10-25(39)30(45)34-14-13-33/h4-6,8-9,18,21,23,25H,3,7,10-17,19-20H2,1-2H3,(H,34,45)(H,35,44)(H,42,43). The number of amides is 5. The number of ether oxygens (including phenoxy) is 2. The smallest absolute Gasteiger partial charge is 0.409 e. The number of halogens is 1. The number of benzene rings is 1. The minimum absolute atomic E-state index is 0.0273.